The number of nitrogens with one attached hydrogen (secondary N) is 1. The van der Waals surface area contributed by atoms with Crippen molar-refractivity contribution in [3.63, 3.8) is 0 Å². The number of benzene rings is 1. The van der Waals surface area contributed by atoms with Crippen LogP contribution < -0.4 is 10.1 Å². The molecule has 0 aliphatic carbocycles. The summed E-state index contributed by atoms with van der Waals surface area (Å²) in [6, 6.07) is 5.41. The Morgan fingerprint density at radius 2 is 2.00 bits per heavy atom. The first-order valence-electron chi connectivity index (χ1n) is 5.91. The van der Waals surface area contributed by atoms with Gasteiger partial charge in [0.15, 0.2) is 5.82 Å². The molecular weight excluding hydrogens is 244 g/mol. The van der Waals surface area contributed by atoms with Crippen molar-refractivity contribution < 1.29 is 14.1 Å². The quantitative estimate of drug-likeness (QED) is 0.921. The number of nitrogens with zero attached hydrogens (tertiary/aromatic N) is 1. The predicted molar refractivity (Wildman–Crippen MR) is 71.7 cm³/mol. The zero-order valence-corrected chi connectivity index (χ0v) is 11.4. The van der Waals surface area contributed by atoms with E-state index in [0.717, 1.165) is 11.1 Å². The summed E-state index contributed by atoms with van der Waals surface area (Å²) >= 11 is 0. The van der Waals surface area contributed by atoms with Crippen LogP contribution in [0.15, 0.2) is 22.7 Å². The second kappa shape index (κ2) is 5.14. The van der Waals surface area contributed by atoms with Crippen molar-refractivity contribution in [2.75, 3.05) is 12.4 Å². The Hall–Kier alpha value is -2.30. The first-order chi connectivity index (χ1) is 9.01. The fraction of sp³-hybridized carbons (Fsp3) is 0.286. The van der Waals surface area contributed by atoms with Crippen molar-refractivity contribution in [1.82, 2.24) is 5.16 Å². The zero-order chi connectivity index (χ0) is 14.0. The fourth-order valence-corrected chi connectivity index (χ4v) is 2.00. The number of aryl methyl sites for hydroxylation is 3. The highest BCUT2D eigenvalue weighted by molar-refractivity contribution is 6.06. The van der Waals surface area contributed by atoms with Crippen LogP contribution in [0.1, 0.15) is 27.2 Å². The molecule has 100 valence electrons. The third-order valence-electron chi connectivity index (χ3n) is 2.74. The Bertz CT molecular complexity index is 617. The molecule has 0 spiro atoms. The number of ether oxygens (including phenoxy) is 1. The van der Waals surface area contributed by atoms with Crippen molar-refractivity contribution in [3.8, 4) is 5.75 Å². The van der Waals surface area contributed by atoms with E-state index in [9.17, 15) is 4.79 Å². The molecule has 0 unspecified atom stereocenters. The maximum Gasteiger partial charge on any atom is 0.260 e. The highest BCUT2D eigenvalue weighted by Crippen LogP contribution is 2.25. The highest BCUT2D eigenvalue weighted by atomic mass is 16.5. The Morgan fingerprint density at radius 3 is 2.58 bits per heavy atom. The summed E-state index contributed by atoms with van der Waals surface area (Å²) < 4.78 is 10.2. The Balaban J connectivity index is 2.33. The van der Waals surface area contributed by atoms with Gasteiger partial charge < -0.3 is 14.6 Å². The van der Waals surface area contributed by atoms with Gasteiger partial charge in [-0.15, -0.1) is 0 Å². The zero-order valence-electron chi connectivity index (χ0n) is 11.4. The van der Waals surface area contributed by atoms with Crippen molar-refractivity contribution >= 4 is 11.7 Å². The summed E-state index contributed by atoms with van der Waals surface area (Å²) in [5.74, 6) is 1.34. The number of hydrogen-bond donors (Lipinski definition) is 1. The molecule has 1 heterocycles. The number of aromatic nitrogens is 1. The van der Waals surface area contributed by atoms with Crippen LogP contribution in [0.3, 0.4) is 0 Å². The minimum absolute atomic E-state index is 0.267. The second-order valence-corrected chi connectivity index (χ2v) is 4.44. The van der Waals surface area contributed by atoms with E-state index < -0.39 is 0 Å². The average molecular weight is 260 g/mol. The normalized spacial score (nSPS) is 10.3. The Kier molecular flexibility index (Phi) is 3.55. The van der Waals surface area contributed by atoms with Gasteiger partial charge in [0.05, 0.1) is 12.7 Å². The summed E-state index contributed by atoms with van der Waals surface area (Å²) in [6.07, 6.45) is 0. The van der Waals surface area contributed by atoms with Crippen molar-refractivity contribution in [2.45, 2.75) is 20.8 Å². The minimum atomic E-state index is -0.267. The smallest absolute Gasteiger partial charge is 0.260 e. The lowest BCUT2D eigenvalue weighted by atomic mass is 10.0. The van der Waals surface area contributed by atoms with Crippen molar-refractivity contribution in [3.05, 3.63) is 40.6 Å². The summed E-state index contributed by atoms with van der Waals surface area (Å²) in [5.41, 5.74) is 2.41. The van der Waals surface area contributed by atoms with E-state index in [-0.39, 0.29) is 5.91 Å². The van der Waals surface area contributed by atoms with E-state index >= 15 is 0 Å². The van der Waals surface area contributed by atoms with Gasteiger partial charge in [0, 0.05) is 6.07 Å². The van der Waals surface area contributed by atoms with E-state index in [0.29, 0.717) is 22.9 Å². The molecule has 5 nitrogen and oxygen atoms in total. The molecular formula is C14H16N2O3. The Labute approximate surface area is 111 Å². The molecule has 5 heteroatoms. The SMILES string of the molecule is COc1c(C)cc(C)cc1C(=O)Nc1cc(C)on1. The molecule has 1 aromatic carbocycles. The van der Waals surface area contributed by atoms with Crippen LogP contribution in [0.4, 0.5) is 5.82 Å². The standard InChI is InChI=1S/C14H16N2O3/c1-8-5-9(2)13(18-4)11(6-8)14(17)15-12-7-10(3)19-16-12/h5-7H,1-4H3,(H,15,16,17). The van der Waals surface area contributed by atoms with Crippen LogP contribution >= 0.6 is 0 Å². The molecule has 0 atom stereocenters. The molecule has 0 aliphatic rings. The fourth-order valence-electron chi connectivity index (χ4n) is 2.00. The molecule has 0 bridgehead atoms. The Morgan fingerprint density at radius 1 is 1.26 bits per heavy atom. The van der Waals surface area contributed by atoms with Crippen LogP contribution in [0.2, 0.25) is 0 Å². The van der Waals surface area contributed by atoms with E-state index in [2.05, 4.69) is 10.5 Å². The summed E-state index contributed by atoms with van der Waals surface area (Å²) in [6.45, 7) is 5.60. The van der Waals surface area contributed by atoms with Crippen molar-refractivity contribution in [1.29, 1.82) is 0 Å². The van der Waals surface area contributed by atoms with Crippen LogP contribution in [0.5, 0.6) is 5.75 Å². The summed E-state index contributed by atoms with van der Waals surface area (Å²) in [5, 5.41) is 6.42. The molecule has 19 heavy (non-hydrogen) atoms. The monoisotopic (exact) mass is 260 g/mol. The van der Waals surface area contributed by atoms with Crippen LogP contribution in [-0.2, 0) is 0 Å². The molecule has 2 rings (SSSR count). The topological polar surface area (TPSA) is 64.4 Å². The van der Waals surface area contributed by atoms with E-state index in [4.69, 9.17) is 9.26 Å². The van der Waals surface area contributed by atoms with Gasteiger partial charge in [-0.1, -0.05) is 11.2 Å². The molecule has 1 amide bonds. The largest absolute Gasteiger partial charge is 0.496 e. The molecule has 2 aromatic rings. The number of carbonyl (C=O) groups excluding carboxylic acids is 1. The van der Waals surface area contributed by atoms with Crippen molar-refractivity contribution in [2.24, 2.45) is 0 Å². The lowest BCUT2D eigenvalue weighted by molar-refractivity contribution is 0.102. The predicted octanol–water partition coefficient (Wildman–Crippen LogP) is 2.86. The number of amides is 1. The minimum Gasteiger partial charge on any atom is -0.496 e. The number of carbonyl (C=O) groups is 1. The lowest BCUT2D eigenvalue weighted by Crippen LogP contribution is -2.14. The number of methoxy groups -OCH3 is 1. The summed E-state index contributed by atoms with van der Waals surface area (Å²) in [7, 11) is 1.55. The first kappa shape index (κ1) is 13.1. The van der Waals surface area contributed by atoms with Gasteiger partial charge in [0.2, 0.25) is 0 Å². The van der Waals surface area contributed by atoms with E-state index in [1.807, 2.05) is 19.9 Å². The second-order valence-electron chi connectivity index (χ2n) is 4.44. The average Bonchev–Trinajstić information content (AvgIpc) is 2.73. The molecule has 0 aliphatic heterocycles. The van der Waals surface area contributed by atoms with Gasteiger partial charge in [-0.05, 0) is 38.0 Å². The van der Waals surface area contributed by atoms with Crippen LogP contribution in [0, 0.1) is 20.8 Å². The van der Waals surface area contributed by atoms with Gasteiger partial charge in [-0.2, -0.15) is 0 Å². The molecule has 0 saturated heterocycles. The molecule has 1 N–H and O–H groups in total. The van der Waals surface area contributed by atoms with Crippen LogP contribution in [0.25, 0.3) is 0 Å². The third-order valence-corrected chi connectivity index (χ3v) is 2.74. The molecule has 0 saturated carbocycles. The van der Waals surface area contributed by atoms with E-state index in [1.54, 1.807) is 26.2 Å². The van der Waals surface area contributed by atoms with Gasteiger partial charge in [-0.25, -0.2) is 0 Å². The van der Waals surface area contributed by atoms with Gasteiger partial charge in [0.1, 0.15) is 11.5 Å². The summed E-state index contributed by atoms with van der Waals surface area (Å²) in [4.78, 5) is 12.2. The molecule has 0 fully saturated rings. The number of hydrogen-bond acceptors (Lipinski definition) is 4. The van der Waals surface area contributed by atoms with Gasteiger partial charge in [0.25, 0.3) is 5.91 Å². The molecule has 0 radical (unpaired) electrons. The van der Waals surface area contributed by atoms with Gasteiger partial charge in [-0.3, -0.25) is 4.79 Å². The van der Waals surface area contributed by atoms with Gasteiger partial charge >= 0.3 is 0 Å². The highest BCUT2D eigenvalue weighted by Gasteiger charge is 2.16. The van der Waals surface area contributed by atoms with Crippen LogP contribution in [-0.4, -0.2) is 18.2 Å². The number of rotatable bonds is 3. The third kappa shape index (κ3) is 2.76. The maximum atomic E-state index is 12.2. The first-order valence-corrected chi connectivity index (χ1v) is 5.91. The lowest BCUT2D eigenvalue weighted by Gasteiger charge is -2.11. The molecule has 1 aromatic heterocycles. The number of anilines is 1. The van der Waals surface area contributed by atoms with E-state index in [1.165, 1.54) is 0 Å². The maximum absolute atomic E-state index is 12.2.